The first-order chi connectivity index (χ1) is 9.22. The van der Waals surface area contributed by atoms with Gasteiger partial charge in [-0.1, -0.05) is 12.5 Å². The predicted molar refractivity (Wildman–Crippen MR) is 77.0 cm³/mol. The van der Waals surface area contributed by atoms with E-state index in [0.717, 1.165) is 31.8 Å². The van der Waals surface area contributed by atoms with E-state index >= 15 is 0 Å². The molecular weight excluding hydrogens is 238 g/mol. The van der Waals surface area contributed by atoms with E-state index in [4.69, 9.17) is 10.5 Å². The van der Waals surface area contributed by atoms with E-state index in [-0.39, 0.29) is 12.1 Å². The summed E-state index contributed by atoms with van der Waals surface area (Å²) in [6.07, 6.45) is 5.41. The molecule has 0 radical (unpaired) electrons. The number of methoxy groups -OCH3 is 1. The molecule has 0 bridgehead atoms. The van der Waals surface area contributed by atoms with Crippen molar-refractivity contribution in [3.63, 3.8) is 0 Å². The lowest BCUT2D eigenvalue weighted by atomic mass is 10.00. The molecule has 19 heavy (non-hydrogen) atoms. The molecule has 1 aromatic heterocycles. The largest absolute Gasteiger partial charge is 0.383 e. The zero-order valence-electron chi connectivity index (χ0n) is 12.0. The number of nitrogens with zero attached hydrogens (tertiary/aromatic N) is 2. The minimum Gasteiger partial charge on any atom is -0.383 e. The molecule has 1 fully saturated rings. The molecule has 2 unspecified atom stereocenters. The number of hydrogen-bond acceptors (Lipinski definition) is 4. The summed E-state index contributed by atoms with van der Waals surface area (Å²) in [6.45, 7) is 4.81. The smallest absolute Gasteiger partial charge is 0.0674 e. The maximum atomic E-state index is 6.39. The van der Waals surface area contributed by atoms with Crippen LogP contribution in [0, 0.1) is 6.92 Å². The molecule has 106 valence electrons. The fourth-order valence-electron chi connectivity index (χ4n) is 2.78. The molecular formula is C15H25N3O. The van der Waals surface area contributed by atoms with Gasteiger partial charge in [-0.25, -0.2) is 0 Å². The van der Waals surface area contributed by atoms with E-state index in [1.807, 2.05) is 6.20 Å². The normalized spacial score (nSPS) is 25.2. The van der Waals surface area contributed by atoms with Crippen LogP contribution in [0.2, 0.25) is 0 Å². The number of nitrogens with two attached hydrogens (primary N) is 1. The van der Waals surface area contributed by atoms with Gasteiger partial charge in [0.1, 0.15) is 0 Å². The Morgan fingerprint density at radius 2 is 2.26 bits per heavy atom. The minimum atomic E-state index is 0.162. The van der Waals surface area contributed by atoms with Gasteiger partial charge in [-0.3, -0.25) is 9.88 Å². The van der Waals surface area contributed by atoms with Crippen molar-refractivity contribution in [2.45, 2.75) is 38.3 Å². The van der Waals surface area contributed by atoms with Crippen LogP contribution >= 0.6 is 0 Å². The first-order valence-corrected chi connectivity index (χ1v) is 7.13. The Morgan fingerprint density at radius 1 is 1.42 bits per heavy atom. The second-order valence-corrected chi connectivity index (χ2v) is 5.39. The molecule has 0 aliphatic carbocycles. The van der Waals surface area contributed by atoms with E-state index in [1.54, 1.807) is 7.11 Å². The number of aromatic nitrogens is 1. The van der Waals surface area contributed by atoms with Crippen molar-refractivity contribution in [1.82, 2.24) is 9.88 Å². The Hall–Kier alpha value is -0.970. The summed E-state index contributed by atoms with van der Waals surface area (Å²) in [6, 6.07) is 4.62. The summed E-state index contributed by atoms with van der Waals surface area (Å²) in [5.41, 5.74) is 8.67. The summed E-state index contributed by atoms with van der Waals surface area (Å²) in [5, 5.41) is 0. The van der Waals surface area contributed by atoms with Gasteiger partial charge in [0, 0.05) is 25.9 Å². The third-order valence-corrected chi connectivity index (χ3v) is 3.85. The van der Waals surface area contributed by atoms with E-state index in [2.05, 4.69) is 28.9 Å². The van der Waals surface area contributed by atoms with Crippen LogP contribution in [0.1, 0.15) is 36.6 Å². The number of aryl methyl sites for hydroxylation is 1. The quantitative estimate of drug-likeness (QED) is 0.901. The highest BCUT2D eigenvalue weighted by Crippen LogP contribution is 2.28. The first kappa shape index (κ1) is 14.4. The molecule has 1 aliphatic rings. The van der Waals surface area contributed by atoms with Crippen LogP contribution in [-0.4, -0.2) is 42.7 Å². The fraction of sp³-hybridized carbons (Fsp3) is 0.667. The summed E-state index contributed by atoms with van der Waals surface area (Å²) in [4.78, 5) is 7.02. The van der Waals surface area contributed by atoms with Gasteiger partial charge in [0.05, 0.1) is 18.3 Å². The second kappa shape index (κ2) is 6.98. The second-order valence-electron chi connectivity index (χ2n) is 5.39. The third-order valence-electron chi connectivity index (χ3n) is 3.85. The first-order valence-electron chi connectivity index (χ1n) is 7.13. The van der Waals surface area contributed by atoms with Gasteiger partial charge in [0.25, 0.3) is 0 Å². The molecule has 4 nitrogen and oxygen atoms in total. The van der Waals surface area contributed by atoms with Gasteiger partial charge in [-0.2, -0.15) is 0 Å². The summed E-state index contributed by atoms with van der Waals surface area (Å²) >= 11 is 0. The average molecular weight is 263 g/mol. The number of pyridine rings is 1. The van der Waals surface area contributed by atoms with Crippen LogP contribution in [0.3, 0.4) is 0 Å². The zero-order chi connectivity index (χ0) is 13.7. The van der Waals surface area contributed by atoms with E-state index in [0.29, 0.717) is 0 Å². The Morgan fingerprint density at radius 3 is 2.95 bits per heavy atom. The number of likely N-dealkylation sites (tertiary alicyclic amines) is 1. The lowest BCUT2D eigenvalue weighted by molar-refractivity contribution is 0.113. The van der Waals surface area contributed by atoms with Gasteiger partial charge < -0.3 is 10.5 Å². The lowest BCUT2D eigenvalue weighted by Crippen LogP contribution is -2.41. The van der Waals surface area contributed by atoms with E-state index < -0.39 is 0 Å². The van der Waals surface area contributed by atoms with Gasteiger partial charge >= 0.3 is 0 Å². The van der Waals surface area contributed by atoms with Gasteiger partial charge in [-0.15, -0.1) is 0 Å². The zero-order valence-corrected chi connectivity index (χ0v) is 12.0. The van der Waals surface area contributed by atoms with Gasteiger partial charge in [0.15, 0.2) is 0 Å². The number of hydrogen-bond donors (Lipinski definition) is 1. The van der Waals surface area contributed by atoms with E-state index in [9.17, 15) is 0 Å². The highest BCUT2D eigenvalue weighted by molar-refractivity contribution is 5.17. The highest BCUT2D eigenvalue weighted by atomic mass is 16.5. The van der Waals surface area contributed by atoms with Crippen LogP contribution in [0.5, 0.6) is 0 Å². The molecule has 0 spiro atoms. The fourth-order valence-corrected chi connectivity index (χ4v) is 2.78. The van der Waals surface area contributed by atoms with Crippen molar-refractivity contribution in [3.8, 4) is 0 Å². The maximum Gasteiger partial charge on any atom is 0.0674 e. The maximum absolute atomic E-state index is 6.39. The van der Waals surface area contributed by atoms with Crippen LogP contribution in [-0.2, 0) is 4.74 Å². The summed E-state index contributed by atoms with van der Waals surface area (Å²) in [5.74, 6) is 0. The highest BCUT2D eigenvalue weighted by Gasteiger charge is 2.29. The van der Waals surface area contributed by atoms with Crippen LogP contribution in [0.15, 0.2) is 18.3 Å². The Kier molecular flexibility index (Phi) is 5.31. The summed E-state index contributed by atoms with van der Waals surface area (Å²) in [7, 11) is 1.75. The molecule has 2 N–H and O–H groups in total. The average Bonchev–Trinajstić information content (AvgIpc) is 2.59. The SMILES string of the molecule is COCCN1CCCCC(N)C1c1ccc(C)cn1. The topological polar surface area (TPSA) is 51.4 Å². The van der Waals surface area contributed by atoms with Crippen LogP contribution in [0.25, 0.3) is 0 Å². The monoisotopic (exact) mass is 263 g/mol. The molecule has 4 heteroatoms. The van der Waals surface area contributed by atoms with E-state index in [1.165, 1.54) is 18.4 Å². The Balaban J connectivity index is 2.20. The third kappa shape index (κ3) is 3.75. The molecule has 2 rings (SSSR count). The predicted octanol–water partition coefficient (Wildman–Crippen LogP) is 1.89. The van der Waals surface area contributed by atoms with Crippen LogP contribution < -0.4 is 5.73 Å². The molecule has 1 saturated heterocycles. The standard InChI is InChI=1S/C15H25N3O/c1-12-6-7-14(17-11-12)15-13(16)5-3-4-8-18(15)9-10-19-2/h6-7,11,13,15H,3-5,8-10,16H2,1-2H3. The van der Waals surface area contributed by atoms with Crippen molar-refractivity contribution >= 4 is 0 Å². The van der Waals surface area contributed by atoms with Crippen LogP contribution in [0.4, 0.5) is 0 Å². The molecule has 0 saturated carbocycles. The van der Waals surface area contributed by atoms with Crippen molar-refractivity contribution in [2.75, 3.05) is 26.8 Å². The molecule has 2 atom stereocenters. The Labute approximate surface area is 116 Å². The lowest BCUT2D eigenvalue weighted by Gasteiger charge is -2.32. The molecule has 0 amide bonds. The Bertz CT molecular complexity index is 379. The molecule has 1 aromatic rings. The van der Waals surface area contributed by atoms with Gasteiger partial charge in [-0.05, 0) is 37.9 Å². The van der Waals surface area contributed by atoms with Gasteiger partial charge in [0.2, 0.25) is 0 Å². The number of ether oxygens (including phenoxy) is 1. The van der Waals surface area contributed by atoms with Crippen molar-refractivity contribution in [2.24, 2.45) is 5.73 Å². The van der Waals surface area contributed by atoms with Crippen molar-refractivity contribution in [1.29, 1.82) is 0 Å². The summed E-state index contributed by atoms with van der Waals surface area (Å²) < 4.78 is 5.22. The molecule has 0 aromatic carbocycles. The number of rotatable bonds is 4. The van der Waals surface area contributed by atoms with Crippen molar-refractivity contribution in [3.05, 3.63) is 29.6 Å². The molecule has 2 heterocycles. The van der Waals surface area contributed by atoms with Crippen molar-refractivity contribution < 1.29 is 4.74 Å². The molecule has 1 aliphatic heterocycles. The minimum absolute atomic E-state index is 0.162.